The van der Waals surface area contributed by atoms with Gasteiger partial charge in [0.25, 0.3) is 5.91 Å². The lowest BCUT2D eigenvalue weighted by molar-refractivity contribution is -0.123. The first-order valence-corrected chi connectivity index (χ1v) is 13.9. The van der Waals surface area contributed by atoms with E-state index >= 15 is 4.39 Å². The zero-order valence-corrected chi connectivity index (χ0v) is 23.9. The number of nitrogens with two attached hydrogens (primary N) is 1. The molecule has 2 aromatic carbocycles. The van der Waals surface area contributed by atoms with E-state index in [-0.39, 0.29) is 52.4 Å². The second-order valence-corrected chi connectivity index (χ2v) is 11.8. The summed E-state index contributed by atoms with van der Waals surface area (Å²) in [6, 6.07) is 7.42. The minimum atomic E-state index is -1.78. The van der Waals surface area contributed by atoms with Gasteiger partial charge in [-0.1, -0.05) is 11.6 Å². The Hall–Kier alpha value is -4.22. The molecule has 0 bridgehead atoms. The zero-order chi connectivity index (χ0) is 30.8. The van der Waals surface area contributed by atoms with Crippen LogP contribution in [0.4, 0.5) is 13.2 Å². The van der Waals surface area contributed by atoms with Crippen molar-refractivity contribution in [1.82, 2.24) is 15.3 Å². The highest BCUT2D eigenvalue weighted by Gasteiger charge is 2.50. The Morgan fingerprint density at radius 3 is 2.56 bits per heavy atom. The molecule has 1 fully saturated rings. The highest BCUT2D eigenvalue weighted by Crippen LogP contribution is 2.50. The first kappa shape index (κ1) is 28.9. The molecule has 222 valence electrons. The van der Waals surface area contributed by atoms with Crippen LogP contribution in [-0.2, 0) is 15.8 Å². The highest BCUT2D eigenvalue weighted by atomic mass is 35.5. The Morgan fingerprint density at radius 2 is 1.86 bits per heavy atom. The minimum Gasteiger partial charge on any atom is -0.489 e. The van der Waals surface area contributed by atoms with E-state index in [9.17, 15) is 23.5 Å². The van der Waals surface area contributed by atoms with Crippen molar-refractivity contribution in [3.8, 4) is 17.0 Å². The summed E-state index contributed by atoms with van der Waals surface area (Å²) in [4.78, 5) is 34.6. The summed E-state index contributed by atoms with van der Waals surface area (Å²) in [6.45, 7) is 2.87. The van der Waals surface area contributed by atoms with Crippen LogP contribution in [-0.4, -0.2) is 40.0 Å². The number of primary amides is 1. The van der Waals surface area contributed by atoms with Gasteiger partial charge in [0.2, 0.25) is 5.91 Å². The third-order valence-corrected chi connectivity index (χ3v) is 8.52. The molecule has 1 aliphatic heterocycles. The SMILES string of the molecule is Cc1cnc2c(Cl)cc(C(=O)NC[C@](O)(c3cc4c(c(-c5cc(F)c(F)cc5F)n3)OC[C@]4(C)C(N)=O)C3CC3)cc2c1. The van der Waals surface area contributed by atoms with Gasteiger partial charge in [0.15, 0.2) is 11.6 Å². The molecule has 4 N–H and O–H groups in total. The topological polar surface area (TPSA) is 127 Å². The van der Waals surface area contributed by atoms with Crippen LogP contribution >= 0.6 is 11.6 Å². The van der Waals surface area contributed by atoms with Crippen molar-refractivity contribution in [3.63, 3.8) is 0 Å². The van der Waals surface area contributed by atoms with Crippen LogP contribution in [0.25, 0.3) is 22.2 Å². The van der Waals surface area contributed by atoms with Crippen LogP contribution in [0.15, 0.2) is 42.6 Å². The summed E-state index contributed by atoms with van der Waals surface area (Å²) in [5.74, 6) is -5.50. The van der Waals surface area contributed by atoms with Crippen molar-refractivity contribution < 1.29 is 32.6 Å². The van der Waals surface area contributed by atoms with Gasteiger partial charge in [-0.3, -0.25) is 14.6 Å². The third kappa shape index (κ3) is 4.86. The first-order valence-electron chi connectivity index (χ1n) is 13.5. The van der Waals surface area contributed by atoms with Crippen LogP contribution in [0, 0.1) is 30.3 Å². The van der Waals surface area contributed by atoms with Gasteiger partial charge in [-0.2, -0.15) is 0 Å². The van der Waals surface area contributed by atoms with E-state index in [0.717, 1.165) is 5.56 Å². The van der Waals surface area contributed by atoms with Gasteiger partial charge in [-0.25, -0.2) is 18.2 Å². The van der Waals surface area contributed by atoms with Crippen LogP contribution < -0.4 is 15.8 Å². The van der Waals surface area contributed by atoms with Crippen LogP contribution in [0.5, 0.6) is 5.75 Å². The normalized spacial score (nSPS) is 19.0. The standard InChI is InChI=1S/C31H26ClF3N4O4/c1-14-5-15-6-16(7-20(32)25(15)37-11-14)28(40)38-12-31(42,17-3-4-17)24-9-19-27(43-13-30(19,2)29(36)41)26(39-24)18-8-22(34)23(35)10-21(18)33/h5-11,17,42H,3-4,12-13H2,1-2H3,(H2,36,41)(H,38,40)/t30-,31+/m0/s1. The first-order chi connectivity index (χ1) is 20.3. The molecule has 43 heavy (non-hydrogen) atoms. The maximum absolute atomic E-state index is 15.0. The number of fused-ring (bicyclic) bond motifs is 2. The van der Waals surface area contributed by atoms with Crippen LogP contribution in [0.1, 0.15) is 46.9 Å². The highest BCUT2D eigenvalue weighted by molar-refractivity contribution is 6.35. The Labute approximate surface area is 249 Å². The van der Waals surface area contributed by atoms with Crippen molar-refractivity contribution in [1.29, 1.82) is 0 Å². The van der Waals surface area contributed by atoms with E-state index in [0.29, 0.717) is 35.9 Å². The number of benzene rings is 2. The number of aromatic nitrogens is 2. The molecule has 12 heteroatoms. The van der Waals surface area contributed by atoms with E-state index in [1.807, 2.05) is 13.0 Å². The number of amides is 2. The lowest BCUT2D eigenvalue weighted by Crippen LogP contribution is -2.44. The van der Waals surface area contributed by atoms with E-state index < -0.39 is 45.8 Å². The third-order valence-electron chi connectivity index (χ3n) is 8.23. The Morgan fingerprint density at radius 1 is 1.14 bits per heavy atom. The number of nitrogens with one attached hydrogen (secondary N) is 1. The monoisotopic (exact) mass is 610 g/mol. The fourth-order valence-corrected chi connectivity index (χ4v) is 5.74. The molecule has 2 aromatic heterocycles. The minimum absolute atomic E-state index is 0.0115. The summed E-state index contributed by atoms with van der Waals surface area (Å²) in [6.07, 6.45) is 2.86. The average Bonchev–Trinajstić information content (AvgIpc) is 3.76. The molecule has 3 heterocycles. The van der Waals surface area contributed by atoms with Crippen molar-refractivity contribution in [2.45, 2.75) is 37.7 Å². The number of carbonyl (C=O) groups excluding carboxylic acids is 2. The summed E-state index contributed by atoms with van der Waals surface area (Å²) in [5, 5.41) is 15.8. The molecule has 1 saturated carbocycles. The van der Waals surface area contributed by atoms with Gasteiger partial charge in [0.1, 0.15) is 34.9 Å². The molecule has 1 aliphatic carbocycles. The smallest absolute Gasteiger partial charge is 0.251 e. The molecule has 4 aromatic rings. The number of ether oxygens (including phenoxy) is 1. The number of aryl methyl sites for hydroxylation is 1. The summed E-state index contributed by atoms with van der Waals surface area (Å²) in [7, 11) is 0. The fourth-order valence-electron chi connectivity index (χ4n) is 5.46. The molecule has 0 radical (unpaired) electrons. The number of halogens is 4. The van der Waals surface area contributed by atoms with Gasteiger partial charge < -0.3 is 20.9 Å². The lowest BCUT2D eigenvalue weighted by Gasteiger charge is -2.30. The Bertz CT molecular complexity index is 1850. The van der Waals surface area contributed by atoms with Gasteiger partial charge >= 0.3 is 0 Å². The number of pyridine rings is 2. The van der Waals surface area contributed by atoms with E-state index in [2.05, 4.69) is 15.3 Å². The predicted octanol–water partition coefficient (Wildman–Crippen LogP) is 4.84. The van der Waals surface area contributed by atoms with Gasteiger partial charge in [0.05, 0.1) is 22.8 Å². The maximum atomic E-state index is 15.0. The van der Waals surface area contributed by atoms with Crippen molar-refractivity contribution in [2.24, 2.45) is 11.7 Å². The van der Waals surface area contributed by atoms with Crippen LogP contribution in [0.2, 0.25) is 5.02 Å². The Balaban J connectivity index is 1.42. The predicted molar refractivity (Wildman–Crippen MR) is 152 cm³/mol. The summed E-state index contributed by atoms with van der Waals surface area (Å²) in [5.41, 5.74) is 3.73. The van der Waals surface area contributed by atoms with Gasteiger partial charge in [-0.05, 0) is 68.5 Å². The largest absolute Gasteiger partial charge is 0.489 e. The maximum Gasteiger partial charge on any atom is 0.251 e. The molecule has 0 spiro atoms. The van der Waals surface area contributed by atoms with E-state index in [1.165, 1.54) is 19.1 Å². The Kier molecular flexibility index (Phi) is 6.85. The van der Waals surface area contributed by atoms with E-state index in [4.69, 9.17) is 22.1 Å². The van der Waals surface area contributed by atoms with Gasteiger partial charge in [-0.15, -0.1) is 0 Å². The average molecular weight is 611 g/mol. The number of carbonyl (C=O) groups is 2. The number of hydrogen-bond donors (Lipinski definition) is 3. The molecular weight excluding hydrogens is 585 g/mol. The zero-order valence-electron chi connectivity index (χ0n) is 23.1. The molecule has 6 rings (SSSR count). The number of hydrogen-bond acceptors (Lipinski definition) is 6. The molecule has 8 nitrogen and oxygen atoms in total. The number of nitrogens with zero attached hydrogens (tertiary/aromatic N) is 2. The summed E-state index contributed by atoms with van der Waals surface area (Å²) >= 11 is 6.39. The molecular formula is C31H26ClF3N4O4. The van der Waals surface area contributed by atoms with Gasteiger partial charge in [0, 0.05) is 34.3 Å². The molecule has 0 unspecified atom stereocenters. The second kappa shape index (κ2) is 10.2. The number of aliphatic hydroxyl groups is 1. The second-order valence-electron chi connectivity index (χ2n) is 11.4. The van der Waals surface area contributed by atoms with Crippen molar-refractivity contribution in [3.05, 3.63) is 87.5 Å². The lowest BCUT2D eigenvalue weighted by atomic mass is 9.81. The fraction of sp³-hybridized carbons (Fsp3) is 0.290. The molecule has 2 aliphatic rings. The summed E-state index contributed by atoms with van der Waals surface area (Å²) < 4.78 is 48.8. The van der Waals surface area contributed by atoms with Crippen molar-refractivity contribution in [2.75, 3.05) is 13.2 Å². The van der Waals surface area contributed by atoms with Crippen molar-refractivity contribution >= 4 is 34.3 Å². The van der Waals surface area contributed by atoms with E-state index in [1.54, 1.807) is 12.3 Å². The quantitative estimate of drug-likeness (QED) is 0.257. The molecule has 0 saturated heterocycles. The molecule has 2 amide bonds. The molecule has 2 atom stereocenters. The van der Waals surface area contributed by atoms with Crippen LogP contribution in [0.3, 0.4) is 0 Å². The number of rotatable bonds is 7.